The molecule has 0 aliphatic heterocycles. The fraction of sp³-hybridized carbons (Fsp3) is 0. The minimum atomic E-state index is 0.594. The first-order chi connectivity index (χ1) is 8.79. The Morgan fingerprint density at radius 3 is 2.72 bits per heavy atom. The van der Waals surface area contributed by atoms with Crippen LogP contribution in [0.5, 0.6) is 0 Å². The molecule has 1 aromatic heterocycles. The molecule has 3 rings (SSSR count). The summed E-state index contributed by atoms with van der Waals surface area (Å²) in [6, 6.07) is 15.6. The minimum absolute atomic E-state index is 0.594. The van der Waals surface area contributed by atoms with Crippen molar-refractivity contribution < 1.29 is 0 Å². The number of nitrogens with zero attached hydrogens (tertiary/aromatic N) is 2. The third kappa shape index (κ3) is 1.69. The molecule has 0 radical (unpaired) electrons. The molecule has 0 spiro atoms. The van der Waals surface area contributed by atoms with Crippen molar-refractivity contribution in [1.82, 2.24) is 9.97 Å². The van der Waals surface area contributed by atoms with Crippen molar-refractivity contribution in [2.24, 2.45) is 0 Å². The SMILES string of the molecule is N#Cc1c(Br)cccc1-c1nc2ccccc2[nH]1. The van der Waals surface area contributed by atoms with Crippen molar-refractivity contribution in [3.63, 3.8) is 0 Å². The van der Waals surface area contributed by atoms with Gasteiger partial charge in [-0.1, -0.05) is 18.2 Å². The number of aromatic nitrogens is 2. The van der Waals surface area contributed by atoms with E-state index in [0.29, 0.717) is 11.4 Å². The predicted molar refractivity (Wildman–Crippen MR) is 73.9 cm³/mol. The van der Waals surface area contributed by atoms with Gasteiger partial charge in [0.05, 0.1) is 16.6 Å². The number of halogens is 1. The Hall–Kier alpha value is -2.12. The van der Waals surface area contributed by atoms with E-state index in [9.17, 15) is 5.26 Å². The second kappa shape index (κ2) is 4.28. The second-order valence-electron chi connectivity index (χ2n) is 3.88. The molecule has 0 fully saturated rings. The maximum absolute atomic E-state index is 9.21. The first-order valence-electron chi connectivity index (χ1n) is 5.43. The highest BCUT2D eigenvalue weighted by Gasteiger charge is 2.11. The average molecular weight is 298 g/mol. The van der Waals surface area contributed by atoms with Gasteiger partial charge in [0.25, 0.3) is 0 Å². The Morgan fingerprint density at radius 1 is 1.11 bits per heavy atom. The summed E-state index contributed by atoms with van der Waals surface area (Å²) < 4.78 is 0.781. The molecule has 2 aromatic carbocycles. The van der Waals surface area contributed by atoms with Gasteiger partial charge < -0.3 is 4.98 Å². The Labute approximate surface area is 112 Å². The highest BCUT2D eigenvalue weighted by atomic mass is 79.9. The Balaban J connectivity index is 2.27. The lowest BCUT2D eigenvalue weighted by molar-refractivity contribution is 1.32. The zero-order valence-electron chi connectivity index (χ0n) is 9.31. The summed E-state index contributed by atoms with van der Waals surface area (Å²) in [5.74, 6) is 0.717. The van der Waals surface area contributed by atoms with Crippen LogP contribution in [0.1, 0.15) is 5.56 Å². The number of para-hydroxylation sites is 2. The molecule has 3 nitrogen and oxygen atoms in total. The predicted octanol–water partition coefficient (Wildman–Crippen LogP) is 3.86. The molecule has 0 unspecified atom stereocenters. The van der Waals surface area contributed by atoms with Gasteiger partial charge in [-0.3, -0.25) is 0 Å². The number of imidazole rings is 1. The van der Waals surface area contributed by atoms with Crippen molar-refractivity contribution in [3.05, 3.63) is 52.5 Å². The lowest BCUT2D eigenvalue weighted by Gasteiger charge is -2.01. The van der Waals surface area contributed by atoms with Crippen molar-refractivity contribution in [2.75, 3.05) is 0 Å². The van der Waals surface area contributed by atoms with Crippen molar-refractivity contribution in [2.45, 2.75) is 0 Å². The van der Waals surface area contributed by atoms with Gasteiger partial charge in [0.1, 0.15) is 11.9 Å². The third-order valence-corrected chi connectivity index (χ3v) is 3.43. The smallest absolute Gasteiger partial charge is 0.139 e. The Bertz CT molecular complexity index is 735. The summed E-state index contributed by atoms with van der Waals surface area (Å²) in [5, 5.41) is 9.21. The molecule has 0 aliphatic carbocycles. The molecule has 0 amide bonds. The van der Waals surface area contributed by atoms with Crippen molar-refractivity contribution in [3.8, 4) is 17.5 Å². The molecule has 86 valence electrons. The van der Waals surface area contributed by atoms with E-state index in [2.05, 4.69) is 32.0 Å². The van der Waals surface area contributed by atoms with Gasteiger partial charge in [0.15, 0.2) is 0 Å². The molecule has 18 heavy (non-hydrogen) atoms. The van der Waals surface area contributed by atoms with E-state index < -0.39 is 0 Å². The van der Waals surface area contributed by atoms with Gasteiger partial charge in [-0.25, -0.2) is 4.98 Å². The number of nitriles is 1. The van der Waals surface area contributed by atoms with Gasteiger partial charge in [0, 0.05) is 10.0 Å². The lowest BCUT2D eigenvalue weighted by Crippen LogP contribution is -1.87. The number of hydrogen-bond donors (Lipinski definition) is 1. The molecule has 4 heteroatoms. The largest absolute Gasteiger partial charge is 0.338 e. The number of fused-ring (bicyclic) bond motifs is 1. The van der Waals surface area contributed by atoms with Crippen LogP contribution in [0.2, 0.25) is 0 Å². The van der Waals surface area contributed by atoms with Crippen LogP contribution >= 0.6 is 15.9 Å². The van der Waals surface area contributed by atoms with Crippen LogP contribution in [0, 0.1) is 11.3 Å². The summed E-state index contributed by atoms with van der Waals surface area (Å²) in [7, 11) is 0. The van der Waals surface area contributed by atoms with Gasteiger partial charge in [-0.2, -0.15) is 5.26 Å². The molecule has 0 saturated carbocycles. The number of H-pyrrole nitrogens is 1. The van der Waals surface area contributed by atoms with Gasteiger partial charge in [-0.15, -0.1) is 0 Å². The summed E-state index contributed by atoms with van der Waals surface area (Å²) in [6.07, 6.45) is 0. The maximum Gasteiger partial charge on any atom is 0.139 e. The monoisotopic (exact) mass is 297 g/mol. The first kappa shape index (κ1) is 11.0. The number of hydrogen-bond acceptors (Lipinski definition) is 2. The fourth-order valence-corrected chi connectivity index (χ4v) is 2.37. The van der Waals surface area contributed by atoms with Crippen LogP contribution in [0.4, 0.5) is 0 Å². The molecule has 0 saturated heterocycles. The molecule has 0 aliphatic rings. The van der Waals surface area contributed by atoms with Crippen LogP contribution in [0.25, 0.3) is 22.4 Å². The van der Waals surface area contributed by atoms with Crippen molar-refractivity contribution in [1.29, 1.82) is 5.26 Å². The standard InChI is InChI=1S/C14H8BrN3/c15-11-5-3-4-9(10(11)8-16)14-17-12-6-1-2-7-13(12)18-14/h1-7H,(H,17,18). The van der Waals surface area contributed by atoms with Crippen LogP contribution in [0.15, 0.2) is 46.9 Å². The second-order valence-corrected chi connectivity index (χ2v) is 4.73. The first-order valence-corrected chi connectivity index (χ1v) is 6.22. The normalized spacial score (nSPS) is 10.4. The Kier molecular flexibility index (Phi) is 2.62. The summed E-state index contributed by atoms with van der Waals surface area (Å²) in [6.45, 7) is 0. The topological polar surface area (TPSA) is 52.5 Å². The summed E-state index contributed by atoms with van der Waals surface area (Å²) >= 11 is 3.38. The van der Waals surface area contributed by atoms with Crippen LogP contribution in [0.3, 0.4) is 0 Å². The molecular formula is C14H8BrN3. The summed E-state index contributed by atoms with van der Waals surface area (Å²) in [4.78, 5) is 7.74. The molecular weight excluding hydrogens is 290 g/mol. The van der Waals surface area contributed by atoms with E-state index in [1.165, 1.54) is 0 Å². The van der Waals surface area contributed by atoms with E-state index in [4.69, 9.17) is 0 Å². The quantitative estimate of drug-likeness (QED) is 0.741. The number of benzene rings is 2. The van der Waals surface area contributed by atoms with Gasteiger partial charge in [-0.05, 0) is 40.2 Å². The number of nitrogens with one attached hydrogen (secondary N) is 1. The lowest BCUT2D eigenvalue weighted by atomic mass is 10.1. The van der Waals surface area contributed by atoms with E-state index >= 15 is 0 Å². The summed E-state index contributed by atoms with van der Waals surface area (Å²) in [5.41, 5.74) is 3.27. The average Bonchev–Trinajstić information content (AvgIpc) is 2.82. The fourth-order valence-electron chi connectivity index (χ4n) is 1.92. The third-order valence-electron chi connectivity index (χ3n) is 2.77. The number of rotatable bonds is 1. The molecule has 0 bridgehead atoms. The zero-order chi connectivity index (χ0) is 12.5. The molecule has 1 N–H and O–H groups in total. The van der Waals surface area contributed by atoms with E-state index in [1.807, 2.05) is 42.5 Å². The minimum Gasteiger partial charge on any atom is -0.338 e. The Morgan fingerprint density at radius 2 is 1.94 bits per heavy atom. The maximum atomic E-state index is 9.21. The van der Waals surface area contributed by atoms with Crippen molar-refractivity contribution >= 4 is 27.0 Å². The van der Waals surface area contributed by atoms with E-state index in [1.54, 1.807) is 0 Å². The van der Waals surface area contributed by atoms with E-state index in [0.717, 1.165) is 21.1 Å². The molecule has 1 heterocycles. The zero-order valence-corrected chi connectivity index (χ0v) is 10.9. The van der Waals surface area contributed by atoms with Crippen LogP contribution in [-0.4, -0.2) is 9.97 Å². The number of aromatic amines is 1. The van der Waals surface area contributed by atoms with Crippen LogP contribution < -0.4 is 0 Å². The molecule has 3 aromatic rings. The highest BCUT2D eigenvalue weighted by molar-refractivity contribution is 9.10. The molecule has 0 atom stereocenters. The highest BCUT2D eigenvalue weighted by Crippen LogP contribution is 2.28. The van der Waals surface area contributed by atoms with E-state index in [-0.39, 0.29) is 0 Å². The van der Waals surface area contributed by atoms with Crippen LogP contribution in [-0.2, 0) is 0 Å². The van der Waals surface area contributed by atoms with Gasteiger partial charge >= 0.3 is 0 Å². The van der Waals surface area contributed by atoms with Gasteiger partial charge in [0.2, 0.25) is 0 Å².